The smallest absolute Gasteiger partial charge is 0.139 e. The second kappa shape index (κ2) is 6.70. The molecule has 4 aliphatic rings. The maximum absolute atomic E-state index is 13.0. The summed E-state index contributed by atoms with van der Waals surface area (Å²) in [7, 11) is 1.71. The standard InChI is InChI=1S/C26H34O3/c1-25-13-12-18(27)14-17(25)6-9-20-22-10-11-23(28)26(22,2)15-21(24(20)25)16-4-7-19(29-3)8-5-16/h4-5,7-8,14,18,20-22,24,27H,6,9-13,15H2,1-3H3/t18-,20+,21-,22+,24-,25+,26+/m1/s1. The van der Waals surface area contributed by atoms with Gasteiger partial charge in [0.2, 0.25) is 0 Å². The summed E-state index contributed by atoms with van der Waals surface area (Å²) >= 11 is 0. The number of hydrogen-bond donors (Lipinski definition) is 1. The molecule has 29 heavy (non-hydrogen) atoms. The van der Waals surface area contributed by atoms with E-state index in [0.717, 1.165) is 44.3 Å². The van der Waals surface area contributed by atoms with E-state index in [-0.39, 0.29) is 16.9 Å². The first-order chi connectivity index (χ1) is 13.9. The summed E-state index contributed by atoms with van der Waals surface area (Å²) in [5.74, 6) is 3.44. The van der Waals surface area contributed by atoms with Gasteiger partial charge in [0.15, 0.2) is 0 Å². The van der Waals surface area contributed by atoms with Gasteiger partial charge in [-0.05, 0) is 85.3 Å². The second-order valence-corrected chi connectivity index (χ2v) is 10.5. The van der Waals surface area contributed by atoms with Crippen LogP contribution in [0.3, 0.4) is 0 Å². The lowest BCUT2D eigenvalue weighted by Gasteiger charge is -2.60. The molecule has 0 radical (unpaired) electrons. The van der Waals surface area contributed by atoms with Gasteiger partial charge >= 0.3 is 0 Å². The molecule has 0 aliphatic heterocycles. The lowest BCUT2D eigenvalue weighted by atomic mass is 9.44. The number of ether oxygens (including phenoxy) is 1. The molecule has 0 amide bonds. The third-order valence-electron chi connectivity index (χ3n) is 9.31. The minimum atomic E-state index is -0.282. The molecule has 1 N–H and O–H groups in total. The van der Waals surface area contributed by atoms with E-state index in [9.17, 15) is 9.90 Å². The topological polar surface area (TPSA) is 46.5 Å². The van der Waals surface area contributed by atoms with Crippen molar-refractivity contribution in [3.63, 3.8) is 0 Å². The summed E-state index contributed by atoms with van der Waals surface area (Å²) in [6.07, 6.45) is 8.86. The van der Waals surface area contributed by atoms with Gasteiger partial charge in [0, 0.05) is 11.8 Å². The first kappa shape index (κ1) is 19.4. The summed E-state index contributed by atoms with van der Waals surface area (Å²) in [5.41, 5.74) is 2.80. The molecule has 0 aromatic heterocycles. The summed E-state index contributed by atoms with van der Waals surface area (Å²) in [5, 5.41) is 10.3. The Kier molecular flexibility index (Phi) is 4.47. The van der Waals surface area contributed by atoms with E-state index < -0.39 is 0 Å². The monoisotopic (exact) mass is 394 g/mol. The predicted octanol–water partition coefficient (Wildman–Crippen LogP) is 5.28. The molecule has 0 heterocycles. The number of ketones is 1. The van der Waals surface area contributed by atoms with Crippen LogP contribution in [0.15, 0.2) is 35.9 Å². The number of fused-ring (bicyclic) bond motifs is 5. The summed E-state index contributed by atoms with van der Waals surface area (Å²) < 4.78 is 5.40. The van der Waals surface area contributed by atoms with Crippen molar-refractivity contribution in [2.24, 2.45) is 28.6 Å². The number of carbonyl (C=O) groups is 1. The average molecular weight is 395 g/mol. The number of rotatable bonds is 2. The van der Waals surface area contributed by atoms with Crippen LogP contribution in [-0.4, -0.2) is 24.1 Å². The molecular weight excluding hydrogens is 360 g/mol. The van der Waals surface area contributed by atoms with Crippen molar-refractivity contribution in [3.05, 3.63) is 41.5 Å². The van der Waals surface area contributed by atoms with Crippen LogP contribution in [0.4, 0.5) is 0 Å². The zero-order chi connectivity index (χ0) is 20.4. The quantitative estimate of drug-likeness (QED) is 0.694. The van der Waals surface area contributed by atoms with Gasteiger partial charge in [-0.15, -0.1) is 0 Å². The van der Waals surface area contributed by atoms with E-state index in [0.29, 0.717) is 29.5 Å². The van der Waals surface area contributed by atoms with Gasteiger partial charge in [0.1, 0.15) is 11.5 Å². The second-order valence-electron chi connectivity index (χ2n) is 10.5. The van der Waals surface area contributed by atoms with Gasteiger partial charge in [-0.3, -0.25) is 4.79 Å². The van der Waals surface area contributed by atoms with Crippen molar-refractivity contribution >= 4 is 5.78 Å². The molecule has 0 bridgehead atoms. The van der Waals surface area contributed by atoms with Crippen molar-refractivity contribution < 1.29 is 14.6 Å². The van der Waals surface area contributed by atoms with Crippen molar-refractivity contribution in [1.82, 2.24) is 0 Å². The first-order valence-electron chi connectivity index (χ1n) is 11.4. The van der Waals surface area contributed by atoms with E-state index >= 15 is 0 Å². The van der Waals surface area contributed by atoms with Gasteiger partial charge in [0.05, 0.1) is 13.2 Å². The molecule has 0 saturated heterocycles. The van der Waals surface area contributed by atoms with E-state index in [1.807, 2.05) is 0 Å². The van der Waals surface area contributed by atoms with Crippen molar-refractivity contribution in [3.8, 4) is 5.75 Å². The Morgan fingerprint density at radius 2 is 1.79 bits per heavy atom. The minimum absolute atomic E-state index is 0.139. The van der Waals surface area contributed by atoms with Crippen LogP contribution >= 0.6 is 0 Å². The summed E-state index contributed by atoms with van der Waals surface area (Å²) in [6, 6.07) is 8.59. The van der Waals surface area contributed by atoms with Gasteiger partial charge in [-0.2, -0.15) is 0 Å². The molecule has 3 heteroatoms. The van der Waals surface area contributed by atoms with Gasteiger partial charge in [-0.25, -0.2) is 0 Å². The number of allylic oxidation sites excluding steroid dienone is 1. The highest BCUT2D eigenvalue weighted by molar-refractivity contribution is 5.87. The van der Waals surface area contributed by atoms with Crippen molar-refractivity contribution in [2.45, 2.75) is 70.8 Å². The molecule has 3 saturated carbocycles. The van der Waals surface area contributed by atoms with E-state index in [1.54, 1.807) is 7.11 Å². The fraction of sp³-hybridized carbons (Fsp3) is 0.654. The fourth-order valence-electron chi connectivity index (χ4n) is 7.84. The molecule has 3 nitrogen and oxygen atoms in total. The number of hydrogen-bond acceptors (Lipinski definition) is 3. The van der Waals surface area contributed by atoms with Gasteiger partial charge in [0.25, 0.3) is 0 Å². The highest BCUT2D eigenvalue weighted by Crippen LogP contribution is 2.68. The van der Waals surface area contributed by atoms with E-state index in [2.05, 4.69) is 44.2 Å². The molecule has 1 aromatic rings. The number of benzene rings is 1. The van der Waals surface area contributed by atoms with Gasteiger partial charge in [-0.1, -0.05) is 37.6 Å². The molecule has 7 atom stereocenters. The highest BCUT2D eigenvalue weighted by Gasteiger charge is 2.62. The molecule has 156 valence electrons. The Bertz CT molecular complexity index is 840. The average Bonchev–Trinajstić information content (AvgIpc) is 3.02. The normalized spacial score (nSPS) is 43.8. The summed E-state index contributed by atoms with van der Waals surface area (Å²) in [4.78, 5) is 13.0. The highest BCUT2D eigenvalue weighted by atomic mass is 16.5. The number of carbonyl (C=O) groups excluding carboxylic acids is 1. The van der Waals surface area contributed by atoms with Crippen LogP contribution in [-0.2, 0) is 4.79 Å². The van der Waals surface area contributed by atoms with Crippen LogP contribution < -0.4 is 4.74 Å². The molecule has 1 aromatic carbocycles. The number of aliphatic hydroxyl groups is 1. The molecular formula is C26H34O3. The third-order valence-corrected chi connectivity index (χ3v) is 9.31. The van der Waals surface area contributed by atoms with Crippen LogP contribution in [0, 0.1) is 28.6 Å². The Morgan fingerprint density at radius 3 is 2.52 bits per heavy atom. The van der Waals surface area contributed by atoms with Crippen molar-refractivity contribution in [1.29, 1.82) is 0 Å². The minimum Gasteiger partial charge on any atom is -0.497 e. The molecule has 5 rings (SSSR count). The Balaban J connectivity index is 1.62. The SMILES string of the molecule is COc1ccc([C@H]2C[C@]3(C)C(=O)CC[C@H]3[C@@H]3CCC4=C[C@H](O)CC[C@]4(C)[C@H]32)cc1. The number of methoxy groups -OCH3 is 1. The van der Waals surface area contributed by atoms with E-state index in [1.165, 1.54) is 17.6 Å². The molecule has 0 unspecified atom stereocenters. The zero-order valence-corrected chi connectivity index (χ0v) is 18.0. The molecule has 3 fully saturated rings. The molecule has 0 spiro atoms. The Hall–Kier alpha value is -1.61. The first-order valence-corrected chi connectivity index (χ1v) is 11.4. The van der Waals surface area contributed by atoms with E-state index in [4.69, 9.17) is 4.74 Å². The van der Waals surface area contributed by atoms with Crippen LogP contribution in [0.1, 0.15) is 70.3 Å². The van der Waals surface area contributed by atoms with Crippen LogP contribution in [0.25, 0.3) is 0 Å². The fourth-order valence-corrected chi connectivity index (χ4v) is 7.84. The lowest BCUT2D eigenvalue weighted by Crippen LogP contribution is -2.54. The predicted molar refractivity (Wildman–Crippen MR) is 114 cm³/mol. The molecule has 4 aliphatic carbocycles. The zero-order valence-electron chi connectivity index (χ0n) is 18.0. The summed E-state index contributed by atoms with van der Waals surface area (Å²) in [6.45, 7) is 4.72. The number of Topliss-reactive ketones (excluding diaryl/α,β-unsaturated/α-hetero) is 1. The Morgan fingerprint density at radius 1 is 1.03 bits per heavy atom. The van der Waals surface area contributed by atoms with Crippen LogP contribution in [0.2, 0.25) is 0 Å². The Labute approximate surface area is 174 Å². The van der Waals surface area contributed by atoms with Crippen molar-refractivity contribution in [2.75, 3.05) is 7.11 Å². The van der Waals surface area contributed by atoms with Crippen LogP contribution in [0.5, 0.6) is 5.75 Å². The maximum atomic E-state index is 13.0. The maximum Gasteiger partial charge on any atom is 0.139 e. The third kappa shape index (κ3) is 2.76. The van der Waals surface area contributed by atoms with Gasteiger partial charge < -0.3 is 9.84 Å². The largest absolute Gasteiger partial charge is 0.497 e. The lowest BCUT2D eigenvalue weighted by molar-refractivity contribution is -0.134. The number of aliphatic hydroxyl groups excluding tert-OH is 1.